The number of rotatable bonds is 7. The van der Waals surface area contributed by atoms with Crippen LogP contribution in [0.15, 0.2) is 66.3 Å². The summed E-state index contributed by atoms with van der Waals surface area (Å²) in [5.74, 6) is 0.931. The van der Waals surface area contributed by atoms with Crippen LogP contribution in [0.1, 0.15) is 6.92 Å². The van der Waals surface area contributed by atoms with Gasteiger partial charge < -0.3 is 14.8 Å². The molecule has 0 aliphatic rings. The molecule has 0 spiro atoms. The van der Waals surface area contributed by atoms with E-state index in [-0.39, 0.29) is 12.5 Å². The minimum absolute atomic E-state index is 0.103. The lowest BCUT2D eigenvalue weighted by atomic mass is 10.1. The molecular formula is C21H19N3O3S. The van der Waals surface area contributed by atoms with Crippen LogP contribution in [0.4, 0.5) is 5.69 Å². The molecular weight excluding hydrogens is 374 g/mol. The molecule has 4 rings (SSSR count). The highest BCUT2D eigenvalue weighted by Crippen LogP contribution is 2.27. The number of thiazole rings is 1. The van der Waals surface area contributed by atoms with Crippen LogP contribution in [0.25, 0.3) is 16.2 Å². The molecule has 2 aromatic heterocycles. The normalized spacial score (nSPS) is 10.8. The van der Waals surface area contributed by atoms with Crippen LogP contribution in [0.5, 0.6) is 11.5 Å². The van der Waals surface area contributed by atoms with Gasteiger partial charge in [-0.3, -0.25) is 9.20 Å². The molecule has 2 heterocycles. The third kappa shape index (κ3) is 3.99. The van der Waals surface area contributed by atoms with Gasteiger partial charge in [-0.1, -0.05) is 24.3 Å². The van der Waals surface area contributed by atoms with Crippen molar-refractivity contribution in [2.24, 2.45) is 0 Å². The van der Waals surface area contributed by atoms with Crippen molar-refractivity contribution in [1.29, 1.82) is 0 Å². The van der Waals surface area contributed by atoms with Gasteiger partial charge in [-0.2, -0.15) is 0 Å². The summed E-state index contributed by atoms with van der Waals surface area (Å²) >= 11 is 1.58. The molecule has 6 nitrogen and oxygen atoms in total. The van der Waals surface area contributed by atoms with Crippen LogP contribution >= 0.6 is 11.3 Å². The Kier molecular flexibility index (Phi) is 5.25. The van der Waals surface area contributed by atoms with E-state index in [2.05, 4.69) is 10.3 Å². The van der Waals surface area contributed by atoms with Gasteiger partial charge >= 0.3 is 0 Å². The number of ether oxygens (including phenoxy) is 2. The van der Waals surface area contributed by atoms with Crippen molar-refractivity contribution in [2.75, 3.05) is 18.5 Å². The first-order valence-corrected chi connectivity index (χ1v) is 9.78. The quantitative estimate of drug-likeness (QED) is 0.503. The number of fused-ring (bicyclic) bond motifs is 1. The fraction of sp³-hybridized carbons (Fsp3) is 0.143. The number of anilines is 1. The van der Waals surface area contributed by atoms with Crippen molar-refractivity contribution in [3.8, 4) is 22.8 Å². The van der Waals surface area contributed by atoms with Crippen LogP contribution in [-0.4, -0.2) is 28.5 Å². The predicted octanol–water partition coefficient (Wildman–Crippen LogP) is 4.48. The second kappa shape index (κ2) is 8.14. The van der Waals surface area contributed by atoms with E-state index in [9.17, 15) is 4.79 Å². The first kappa shape index (κ1) is 18.1. The fourth-order valence-electron chi connectivity index (χ4n) is 2.81. The third-order valence-electron chi connectivity index (χ3n) is 4.04. The molecule has 0 radical (unpaired) electrons. The van der Waals surface area contributed by atoms with Crippen LogP contribution < -0.4 is 14.8 Å². The molecule has 0 unspecified atom stereocenters. The topological polar surface area (TPSA) is 64.9 Å². The Morgan fingerprint density at radius 2 is 1.96 bits per heavy atom. The fourth-order valence-corrected chi connectivity index (χ4v) is 3.51. The summed E-state index contributed by atoms with van der Waals surface area (Å²) in [4.78, 5) is 17.8. The molecule has 28 heavy (non-hydrogen) atoms. The Morgan fingerprint density at radius 1 is 1.14 bits per heavy atom. The molecule has 0 bridgehead atoms. The van der Waals surface area contributed by atoms with Crippen molar-refractivity contribution >= 4 is 27.9 Å². The van der Waals surface area contributed by atoms with Crippen LogP contribution in [-0.2, 0) is 4.79 Å². The van der Waals surface area contributed by atoms with Gasteiger partial charge in [0.1, 0.15) is 0 Å². The van der Waals surface area contributed by atoms with Gasteiger partial charge in [0, 0.05) is 29.0 Å². The number of hydrogen-bond donors (Lipinski definition) is 1. The molecule has 0 saturated heterocycles. The first-order valence-electron chi connectivity index (χ1n) is 8.90. The Balaban J connectivity index is 1.41. The van der Waals surface area contributed by atoms with E-state index in [1.165, 1.54) is 0 Å². The molecule has 0 aliphatic carbocycles. The lowest BCUT2D eigenvalue weighted by Crippen LogP contribution is -2.20. The highest BCUT2D eigenvalue weighted by molar-refractivity contribution is 7.15. The summed E-state index contributed by atoms with van der Waals surface area (Å²) in [5.41, 5.74) is 2.50. The average Bonchev–Trinajstić information content (AvgIpc) is 3.30. The molecule has 142 valence electrons. The van der Waals surface area contributed by atoms with E-state index < -0.39 is 0 Å². The molecule has 1 N–H and O–H groups in total. The number of benzene rings is 2. The molecule has 0 atom stereocenters. The number of para-hydroxylation sites is 2. The Hall–Kier alpha value is -3.32. The number of aromatic nitrogens is 2. The predicted molar refractivity (Wildman–Crippen MR) is 110 cm³/mol. The summed E-state index contributed by atoms with van der Waals surface area (Å²) in [5, 5.41) is 4.86. The van der Waals surface area contributed by atoms with E-state index in [1.807, 2.05) is 71.6 Å². The Bertz CT molecular complexity index is 1070. The molecule has 7 heteroatoms. The number of carbonyl (C=O) groups is 1. The number of carbonyl (C=O) groups excluding carboxylic acids is 1. The molecule has 2 aromatic carbocycles. The Labute approximate surface area is 166 Å². The van der Waals surface area contributed by atoms with Crippen molar-refractivity contribution < 1.29 is 14.3 Å². The van der Waals surface area contributed by atoms with E-state index in [0.29, 0.717) is 23.8 Å². The van der Waals surface area contributed by atoms with E-state index in [0.717, 1.165) is 16.2 Å². The molecule has 4 aromatic rings. The summed E-state index contributed by atoms with van der Waals surface area (Å²) in [6.45, 7) is 2.33. The molecule has 0 saturated carbocycles. The zero-order valence-corrected chi connectivity index (χ0v) is 16.1. The number of nitrogens with zero attached hydrogens (tertiary/aromatic N) is 2. The summed E-state index contributed by atoms with van der Waals surface area (Å²) in [6.07, 6.45) is 3.94. The Morgan fingerprint density at radius 3 is 2.75 bits per heavy atom. The second-order valence-electron chi connectivity index (χ2n) is 6.02. The van der Waals surface area contributed by atoms with Crippen LogP contribution in [0.3, 0.4) is 0 Å². The number of amides is 1. The molecule has 1 amide bonds. The van der Waals surface area contributed by atoms with Crippen LogP contribution in [0, 0.1) is 0 Å². The maximum absolute atomic E-state index is 12.3. The van der Waals surface area contributed by atoms with Crippen molar-refractivity contribution in [3.05, 3.63) is 66.3 Å². The zero-order valence-electron chi connectivity index (χ0n) is 15.3. The third-order valence-corrected chi connectivity index (χ3v) is 4.81. The maximum Gasteiger partial charge on any atom is 0.262 e. The zero-order chi connectivity index (χ0) is 19.3. The van der Waals surface area contributed by atoms with Gasteiger partial charge in [0.2, 0.25) is 0 Å². The SMILES string of the molecule is CCOc1ccccc1OCC(=O)Nc1cccc(-c2cn3ccsc3n2)c1. The maximum atomic E-state index is 12.3. The van der Waals surface area contributed by atoms with E-state index >= 15 is 0 Å². The standard InChI is InChI=1S/C21H19N3O3S/c1-2-26-18-8-3-4-9-19(18)27-14-20(25)22-16-7-5-6-15(12-16)17-13-24-10-11-28-21(24)23-17/h3-13H,2,14H2,1H3,(H,22,25). The minimum atomic E-state index is -0.241. The monoisotopic (exact) mass is 393 g/mol. The van der Waals surface area contributed by atoms with Crippen LogP contribution in [0.2, 0.25) is 0 Å². The smallest absolute Gasteiger partial charge is 0.262 e. The summed E-state index contributed by atoms with van der Waals surface area (Å²) < 4.78 is 13.1. The van der Waals surface area contributed by atoms with Gasteiger partial charge in [-0.25, -0.2) is 4.98 Å². The lowest BCUT2D eigenvalue weighted by Gasteiger charge is -2.12. The minimum Gasteiger partial charge on any atom is -0.490 e. The lowest BCUT2D eigenvalue weighted by molar-refractivity contribution is -0.118. The second-order valence-corrected chi connectivity index (χ2v) is 6.89. The highest BCUT2D eigenvalue weighted by Gasteiger charge is 2.10. The van der Waals surface area contributed by atoms with E-state index in [1.54, 1.807) is 17.4 Å². The average molecular weight is 393 g/mol. The van der Waals surface area contributed by atoms with Gasteiger partial charge in [-0.05, 0) is 31.2 Å². The summed E-state index contributed by atoms with van der Waals surface area (Å²) in [7, 11) is 0. The summed E-state index contributed by atoms with van der Waals surface area (Å²) in [6, 6.07) is 14.9. The van der Waals surface area contributed by atoms with Crippen molar-refractivity contribution in [1.82, 2.24) is 9.38 Å². The van der Waals surface area contributed by atoms with Gasteiger partial charge in [0.15, 0.2) is 23.1 Å². The molecule has 0 fully saturated rings. The number of imidazole rings is 1. The number of hydrogen-bond acceptors (Lipinski definition) is 5. The van der Waals surface area contributed by atoms with Crippen molar-refractivity contribution in [3.63, 3.8) is 0 Å². The van der Waals surface area contributed by atoms with Gasteiger partial charge in [0.25, 0.3) is 5.91 Å². The van der Waals surface area contributed by atoms with Crippen molar-refractivity contribution in [2.45, 2.75) is 6.92 Å². The van der Waals surface area contributed by atoms with E-state index in [4.69, 9.17) is 9.47 Å². The van der Waals surface area contributed by atoms with Gasteiger partial charge in [-0.15, -0.1) is 11.3 Å². The number of nitrogens with one attached hydrogen (secondary N) is 1. The molecule has 0 aliphatic heterocycles. The largest absolute Gasteiger partial charge is 0.490 e. The highest BCUT2D eigenvalue weighted by atomic mass is 32.1. The van der Waals surface area contributed by atoms with Gasteiger partial charge in [0.05, 0.1) is 12.3 Å². The first-order chi connectivity index (χ1) is 13.7.